The Morgan fingerprint density at radius 1 is 0.962 bits per heavy atom. The second-order valence-electron chi connectivity index (χ2n) is 5.38. The van der Waals surface area contributed by atoms with E-state index in [-0.39, 0.29) is 31.8 Å². The molecular formula is C19H25NO6. The molecule has 0 saturated carbocycles. The fourth-order valence-corrected chi connectivity index (χ4v) is 2.33. The smallest absolute Gasteiger partial charge is 0.303 e. The minimum absolute atomic E-state index is 0.00561. The van der Waals surface area contributed by atoms with Crippen LogP contribution in [0.3, 0.4) is 0 Å². The number of hydrogen-bond acceptors (Lipinski definition) is 6. The molecule has 0 saturated heterocycles. The van der Waals surface area contributed by atoms with Gasteiger partial charge < -0.3 is 25.4 Å². The molecule has 0 amide bonds. The molecule has 142 valence electrons. The third-order valence-corrected chi connectivity index (χ3v) is 3.55. The number of carbonyl (C=O) groups excluding carboxylic acids is 1. The van der Waals surface area contributed by atoms with Gasteiger partial charge in [0.15, 0.2) is 5.78 Å². The molecule has 0 spiro atoms. The maximum Gasteiger partial charge on any atom is 0.303 e. The van der Waals surface area contributed by atoms with Crippen LogP contribution in [-0.4, -0.2) is 60.5 Å². The number of carbonyl (C=O) groups is 2. The van der Waals surface area contributed by atoms with Gasteiger partial charge >= 0.3 is 5.97 Å². The largest absolute Gasteiger partial charge is 0.496 e. The average molecular weight is 363 g/mol. The number of aliphatic hydroxyl groups is 2. The number of aliphatic carboxylic acids is 1. The van der Waals surface area contributed by atoms with Gasteiger partial charge in [0.05, 0.1) is 26.7 Å². The molecule has 2 aromatic rings. The molecule has 7 nitrogen and oxygen atoms in total. The lowest BCUT2D eigenvalue weighted by Gasteiger charge is -2.09. The van der Waals surface area contributed by atoms with Crippen LogP contribution in [0.2, 0.25) is 0 Å². The van der Waals surface area contributed by atoms with Gasteiger partial charge in [0, 0.05) is 30.5 Å². The summed E-state index contributed by atoms with van der Waals surface area (Å²) in [5.74, 6) is -0.433. The Kier molecular flexibility index (Phi) is 9.93. The zero-order valence-corrected chi connectivity index (χ0v) is 14.8. The van der Waals surface area contributed by atoms with Crippen molar-refractivity contribution in [3.05, 3.63) is 42.0 Å². The quantitative estimate of drug-likeness (QED) is 0.394. The molecule has 0 unspecified atom stereocenters. The molecule has 2 aromatic carbocycles. The van der Waals surface area contributed by atoms with Crippen molar-refractivity contribution in [1.82, 2.24) is 5.32 Å². The highest BCUT2D eigenvalue weighted by atomic mass is 16.5. The number of ether oxygens (including phenoxy) is 1. The number of hydrogen-bond donors (Lipinski definition) is 4. The number of nitrogens with one attached hydrogen (secondary N) is 1. The summed E-state index contributed by atoms with van der Waals surface area (Å²) in [4.78, 5) is 22.6. The highest BCUT2D eigenvalue weighted by Gasteiger charge is 2.13. The second kappa shape index (κ2) is 12.0. The number of methoxy groups -OCH3 is 1. The molecule has 0 radical (unpaired) electrons. The molecule has 0 atom stereocenters. The van der Waals surface area contributed by atoms with Gasteiger partial charge in [-0.2, -0.15) is 0 Å². The topological polar surface area (TPSA) is 116 Å². The maximum absolute atomic E-state index is 12.1. The van der Waals surface area contributed by atoms with Gasteiger partial charge in [-0.3, -0.25) is 9.59 Å². The van der Waals surface area contributed by atoms with Crippen molar-refractivity contribution in [2.45, 2.75) is 12.8 Å². The first-order chi connectivity index (χ1) is 12.5. The zero-order valence-electron chi connectivity index (χ0n) is 14.8. The predicted molar refractivity (Wildman–Crippen MR) is 98.7 cm³/mol. The summed E-state index contributed by atoms with van der Waals surface area (Å²) in [6.07, 6.45) is -0.148. The van der Waals surface area contributed by atoms with Crippen molar-refractivity contribution in [2.75, 3.05) is 33.4 Å². The highest BCUT2D eigenvalue weighted by molar-refractivity contribution is 6.10. The number of aliphatic hydroxyl groups excluding tert-OH is 2. The van der Waals surface area contributed by atoms with Gasteiger partial charge in [0.1, 0.15) is 5.75 Å². The molecule has 0 aromatic heterocycles. The SMILES string of the molecule is COc1ccc(C(=O)CCC(=O)O)c2ccccc12.OCCNCCO. The first-order valence-corrected chi connectivity index (χ1v) is 8.28. The Hall–Kier alpha value is -2.48. The van der Waals surface area contributed by atoms with Crippen molar-refractivity contribution in [3.8, 4) is 5.75 Å². The fourth-order valence-electron chi connectivity index (χ4n) is 2.33. The minimum Gasteiger partial charge on any atom is -0.496 e. The minimum atomic E-state index is -0.967. The summed E-state index contributed by atoms with van der Waals surface area (Å²) in [5.41, 5.74) is 0.539. The number of benzene rings is 2. The Bertz CT molecular complexity index is 712. The molecule has 0 fully saturated rings. The van der Waals surface area contributed by atoms with Crippen LogP contribution in [0.25, 0.3) is 10.8 Å². The first kappa shape index (κ1) is 21.6. The molecule has 26 heavy (non-hydrogen) atoms. The summed E-state index contributed by atoms with van der Waals surface area (Å²) < 4.78 is 5.25. The van der Waals surface area contributed by atoms with E-state index in [1.54, 1.807) is 19.2 Å². The molecule has 0 aliphatic heterocycles. The van der Waals surface area contributed by atoms with E-state index in [9.17, 15) is 9.59 Å². The van der Waals surface area contributed by atoms with Crippen LogP contribution in [0.4, 0.5) is 0 Å². The van der Waals surface area contributed by atoms with E-state index in [4.69, 9.17) is 20.1 Å². The summed E-state index contributed by atoms with van der Waals surface area (Å²) in [7, 11) is 1.58. The van der Waals surface area contributed by atoms with E-state index < -0.39 is 5.97 Å². The van der Waals surface area contributed by atoms with Crippen molar-refractivity contribution in [3.63, 3.8) is 0 Å². The third kappa shape index (κ3) is 6.79. The molecule has 0 heterocycles. The lowest BCUT2D eigenvalue weighted by molar-refractivity contribution is -0.136. The number of ketones is 1. The predicted octanol–water partition coefficient (Wildman–Crippen LogP) is 1.46. The average Bonchev–Trinajstić information content (AvgIpc) is 2.66. The lowest BCUT2D eigenvalue weighted by Crippen LogP contribution is -2.21. The van der Waals surface area contributed by atoms with E-state index in [0.717, 1.165) is 10.8 Å². The Labute approximate surface area is 152 Å². The normalized spacial score (nSPS) is 10.1. The van der Waals surface area contributed by atoms with Crippen molar-refractivity contribution in [2.24, 2.45) is 0 Å². The van der Waals surface area contributed by atoms with Crippen LogP contribution in [0.1, 0.15) is 23.2 Å². The van der Waals surface area contributed by atoms with Gasteiger partial charge in [0.25, 0.3) is 0 Å². The van der Waals surface area contributed by atoms with E-state index in [0.29, 0.717) is 24.4 Å². The number of carboxylic acid groups (broad SMARTS) is 1. The van der Waals surface area contributed by atoms with Gasteiger partial charge in [0.2, 0.25) is 0 Å². The maximum atomic E-state index is 12.1. The number of fused-ring (bicyclic) bond motifs is 1. The summed E-state index contributed by atoms with van der Waals surface area (Å²) in [5, 5.41) is 29.4. The third-order valence-electron chi connectivity index (χ3n) is 3.55. The summed E-state index contributed by atoms with van der Waals surface area (Å²) in [6.45, 7) is 1.42. The molecule has 0 aliphatic rings. The summed E-state index contributed by atoms with van der Waals surface area (Å²) in [6, 6.07) is 10.8. The van der Waals surface area contributed by atoms with E-state index in [2.05, 4.69) is 5.32 Å². The van der Waals surface area contributed by atoms with Crippen molar-refractivity contribution in [1.29, 1.82) is 0 Å². The van der Waals surface area contributed by atoms with Crippen LogP contribution in [-0.2, 0) is 4.79 Å². The van der Waals surface area contributed by atoms with E-state index >= 15 is 0 Å². The Morgan fingerprint density at radius 2 is 1.58 bits per heavy atom. The molecule has 4 N–H and O–H groups in total. The van der Waals surface area contributed by atoms with Crippen molar-refractivity contribution >= 4 is 22.5 Å². The fraction of sp³-hybridized carbons (Fsp3) is 0.368. The molecule has 2 rings (SSSR count). The first-order valence-electron chi connectivity index (χ1n) is 8.28. The number of carboxylic acids is 1. The highest BCUT2D eigenvalue weighted by Crippen LogP contribution is 2.29. The molecular weight excluding hydrogens is 338 g/mol. The van der Waals surface area contributed by atoms with Gasteiger partial charge in [-0.15, -0.1) is 0 Å². The van der Waals surface area contributed by atoms with Crippen LogP contribution < -0.4 is 10.1 Å². The Morgan fingerprint density at radius 3 is 2.12 bits per heavy atom. The molecule has 0 aliphatic carbocycles. The van der Waals surface area contributed by atoms with Crippen LogP contribution >= 0.6 is 0 Å². The van der Waals surface area contributed by atoms with Crippen LogP contribution in [0, 0.1) is 0 Å². The van der Waals surface area contributed by atoms with Gasteiger partial charge in [-0.1, -0.05) is 24.3 Å². The second-order valence-corrected chi connectivity index (χ2v) is 5.38. The zero-order chi connectivity index (χ0) is 19.4. The monoisotopic (exact) mass is 363 g/mol. The van der Waals surface area contributed by atoms with Gasteiger partial charge in [-0.25, -0.2) is 0 Å². The van der Waals surface area contributed by atoms with Crippen LogP contribution in [0.15, 0.2) is 36.4 Å². The lowest BCUT2D eigenvalue weighted by atomic mass is 9.98. The number of rotatable bonds is 9. The summed E-state index contributed by atoms with van der Waals surface area (Å²) >= 11 is 0. The Balaban J connectivity index is 0.000000412. The van der Waals surface area contributed by atoms with E-state index in [1.165, 1.54) is 0 Å². The molecule has 7 heteroatoms. The standard InChI is InChI=1S/C15H14O4.C4H11NO2/c1-19-14-8-6-11(13(16)7-9-15(17)18)10-4-2-3-5-12(10)14;6-3-1-5-2-4-7/h2-6,8H,7,9H2,1H3,(H,17,18);5-7H,1-4H2. The molecule has 0 bridgehead atoms. The van der Waals surface area contributed by atoms with E-state index in [1.807, 2.05) is 24.3 Å². The van der Waals surface area contributed by atoms with Crippen molar-refractivity contribution < 1.29 is 29.6 Å². The van der Waals surface area contributed by atoms with Crippen LogP contribution in [0.5, 0.6) is 5.75 Å². The van der Waals surface area contributed by atoms with Gasteiger partial charge in [-0.05, 0) is 17.5 Å². The number of Topliss-reactive ketones (excluding diaryl/α,β-unsaturated/α-hetero) is 1.